The van der Waals surface area contributed by atoms with Crippen LogP contribution < -0.4 is 0 Å². The van der Waals surface area contributed by atoms with E-state index in [9.17, 15) is 10.1 Å². The van der Waals surface area contributed by atoms with E-state index in [2.05, 4.69) is 58.0 Å². The van der Waals surface area contributed by atoms with E-state index >= 15 is 0 Å². The molecule has 0 spiro atoms. The monoisotopic (exact) mass is 529 g/mol. The molecule has 0 amide bonds. The standard InChI is InChI=1S/C36H51NO2/c1-5-6-7-8-23-36(27-37)24-20-33(21-25-36)32-14-12-30(13-15-32)31-16-18-34(19-17-31)35(38)39-26-22-29(4)11-9-10-28(2)3/h12-19,28-29,33H,5-11,20-26H2,1-4H3/t29-,33-,36-/m1/s1. The van der Waals surface area contributed by atoms with Crippen molar-refractivity contribution in [2.75, 3.05) is 6.61 Å². The quantitative estimate of drug-likeness (QED) is 0.170. The Morgan fingerprint density at radius 2 is 1.54 bits per heavy atom. The van der Waals surface area contributed by atoms with Gasteiger partial charge in [-0.3, -0.25) is 0 Å². The molecule has 2 aromatic carbocycles. The summed E-state index contributed by atoms with van der Waals surface area (Å²) in [5.74, 6) is 1.65. The maximum absolute atomic E-state index is 12.5. The number of nitrogens with zero attached hydrogens (tertiary/aromatic N) is 1. The number of hydrogen-bond donors (Lipinski definition) is 0. The van der Waals surface area contributed by atoms with E-state index in [4.69, 9.17) is 4.74 Å². The van der Waals surface area contributed by atoms with Crippen LogP contribution in [0, 0.1) is 28.6 Å². The first-order valence-electron chi connectivity index (χ1n) is 15.6. The Bertz CT molecular complexity index is 1020. The third-order valence-corrected chi connectivity index (χ3v) is 8.85. The van der Waals surface area contributed by atoms with Crippen molar-refractivity contribution in [2.24, 2.45) is 17.3 Å². The zero-order chi connectivity index (χ0) is 28.1. The predicted molar refractivity (Wildman–Crippen MR) is 163 cm³/mol. The van der Waals surface area contributed by atoms with E-state index in [1.165, 1.54) is 50.5 Å². The highest BCUT2D eigenvalue weighted by atomic mass is 16.5. The average molecular weight is 530 g/mol. The van der Waals surface area contributed by atoms with Gasteiger partial charge in [-0.25, -0.2) is 4.79 Å². The Balaban J connectivity index is 1.46. The van der Waals surface area contributed by atoms with Crippen LogP contribution in [-0.2, 0) is 4.74 Å². The van der Waals surface area contributed by atoms with Gasteiger partial charge in [0.1, 0.15) is 0 Å². The second-order valence-corrected chi connectivity index (χ2v) is 12.5. The van der Waals surface area contributed by atoms with Crippen molar-refractivity contribution >= 4 is 5.97 Å². The van der Waals surface area contributed by atoms with Crippen LogP contribution in [0.2, 0.25) is 0 Å². The van der Waals surface area contributed by atoms with Crippen molar-refractivity contribution in [2.45, 2.75) is 117 Å². The summed E-state index contributed by atoms with van der Waals surface area (Å²) in [6, 6.07) is 19.4. The third-order valence-electron chi connectivity index (χ3n) is 8.85. The minimum absolute atomic E-state index is 0.0984. The van der Waals surface area contributed by atoms with Crippen molar-refractivity contribution in [1.82, 2.24) is 0 Å². The van der Waals surface area contributed by atoms with Gasteiger partial charge in [-0.2, -0.15) is 5.26 Å². The van der Waals surface area contributed by atoms with Gasteiger partial charge in [0.25, 0.3) is 0 Å². The van der Waals surface area contributed by atoms with Crippen molar-refractivity contribution in [3.05, 3.63) is 59.7 Å². The van der Waals surface area contributed by atoms with Gasteiger partial charge < -0.3 is 4.74 Å². The number of hydrogen-bond acceptors (Lipinski definition) is 3. The molecular formula is C36H51NO2. The van der Waals surface area contributed by atoms with Gasteiger partial charge in [-0.15, -0.1) is 0 Å². The molecule has 0 saturated heterocycles. The van der Waals surface area contributed by atoms with Crippen LogP contribution >= 0.6 is 0 Å². The van der Waals surface area contributed by atoms with Gasteiger partial charge in [0.15, 0.2) is 0 Å². The summed E-state index contributed by atoms with van der Waals surface area (Å²) < 4.78 is 5.55. The number of nitriles is 1. The van der Waals surface area contributed by atoms with E-state index < -0.39 is 0 Å². The van der Waals surface area contributed by atoms with E-state index in [1.54, 1.807) is 0 Å². The fraction of sp³-hybridized carbons (Fsp3) is 0.611. The first-order valence-corrected chi connectivity index (χ1v) is 15.6. The Morgan fingerprint density at radius 1 is 0.897 bits per heavy atom. The molecule has 0 aromatic heterocycles. The highest BCUT2D eigenvalue weighted by Crippen LogP contribution is 2.45. The van der Waals surface area contributed by atoms with Crippen molar-refractivity contribution in [3.63, 3.8) is 0 Å². The zero-order valence-electron chi connectivity index (χ0n) is 25.0. The van der Waals surface area contributed by atoms with E-state index in [-0.39, 0.29) is 11.4 Å². The first-order chi connectivity index (χ1) is 18.9. The Hall–Kier alpha value is -2.60. The smallest absolute Gasteiger partial charge is 0.338 e. The van der Waals surface area contributed by atoms with Crippen LogP contribution in [0.1, 0.15) is 133 Å². The molecule has 1 saturated carbocycles. The normalized spacial score (nSPS) is 19.9. The summed E-state index contributed by atoms with van der Waals surface area (Å²) in [5, 5.41) is 9.90. The van der Waals surface area contributed by atoms with Crippen LogP contribution in [0.15, 0.2) is 48.5 Å². The topological polar surface area (TPSA) is 50.1 Å². The van der Waals surface area contributed by atoms with Gasteiger partial charge >= 0.3 is 5.97 Å². The van der Waals surface area contributed by atoms with E-state index in [1.807, 2.05) is 24.3 Å². The summed E-state index contributed by atoms with van der Waals surface area (Å²) in [4.78, 5) is 12.5. The van der Waals surface area contributed by atoms with Crippen LogP contribution in [0.5, 0.6) is 0 Å². The summed E-state index contributed by atoms with van der Waals surface area (Å²) >= 11 is 0. The number of carbonyl (C=O) groups is 1. The summed E-state index contributed by atoms with van der Waals surface area (Å²) in [7, 11) is 0. The molecule has 3 heteroatoms. The lowest BCUT2D eigenvalue weighted by atomic mass is 9.67. The lowest BCUT2D eigenvalue weighted by molar-refractivity contribution is 0.0483. The number of unbranched alkanes of at least 4 members (excludes halogenated alkanes) is 3. The molecule has 0 N–H and O–H groups in total. The third kappa shape index (κ3) is 9.82. The molecule has 1 aliphatic rings. The lowest BCUT2D eigenvalue weighted by Gasteiger charge is -2.35. The molecule has 3 rings (SSSR count). The SMILES string of the molecule is CCCCCC[C@]1(C#N)CC[C@H](c2ccc(-c3ccc(C(=O)OCC[C@H](C)CCCC(C)C)cc3)cc2)CC1. The van der Waals surface area contributed by atoms with Crippen LogP contribution in [0.25, 0.3) is 11.1 Å². The molecule has 1 aliphatic carbocycles. The van der Waals surface area contributed by atoms with Gasteiger partial charge in [-0.05, 0) is 85.1 Å². The molecule has 0 aliphatic heterocycles. The van der Waals surface area contributed by atoms with Crippen molar-refractivity contribution < 1.29 is 9.53 Å². The van der Waals surface area contributed by atoms with Gasteiger partial charge in [-0.1, -0.05) is 109 Å². The second-order valence-electron chi connectivity index (χ2n) is 12.5. The van der Waals surface area contributed by atoms with Crippen LogP contribution in [0.3, 0.4) is 0 Å². The molecule has 0 bridgehead atoms. The Labute approximate surface area is 238 Å². The molecule has 212 valence electrons. The average Bonchev–Trinajstić information content (AvgIpc) is 2.95. The molecular weight excluding hydrogens is 478 g/mol. The van der Waals surface area contributed by atoms with Gasteiger partial charge in [0.2, 0.25) is 0 Å². The second kappa shape index (κ2) is 15.9. The Morgan fingerprint density at radius 3 is 2.13 bits per heavy atom. The molecule has 0 unspecified atom stereocenters. The molecule has 0 heterocycles. The van der Waals surface area contributed by atoms with E-state index in [0.29, 0.717) is 24.0 Å². The molecule has 2 aromatic rings. The minimum Gasteiger partial charge on any atom is -0.462 e. The molecule has 1 fully saturated rings. The maximum atomic E-state index is 12.5. The largest absolute Gasteiger partial charge is 0.462 e. The number of benzene rings is 2. The number of esters is 1. The van der Waals surface area contributed by atoms with Crippen LogP contribution in [-0.4, -0.2) is 12.6 Å². The van der Waals surface area contributed by atoms with E-state index in [0.717, 1.165) is 55.6 Å². The fourth-order valence-electron chi connectivity index (χ4n) is 6.01. The van der Waals surface area contributed by atoms with Gasteiger partial charge in [0.05, 0.1) is 23.7 Å². The molecule has 3 nitrogen and oxygen atoms in total. The minimum atomic E-state index is -0.234. The molecule has 1 atom stereocenters. The van der Waals surface area contributed by atoms with Crippen LogP contribution in [0.4, 0.5) is 0 Å². The number of ether oxygens (including phenoxy) is 1. The summed E-state index contributed by atoms with van der Waals surface area (Å²) in [5.41, 5.74) is 4.16. The molecule has 39 heavy (non-hydrogen) atoms. The first kappa shape index (κ1) is 30.9. The lowest BCUT2D eigenvalue weighted by Crippen LogP contribution is -2.25. The van der Waals surface area contributed by atoms with Crippen molar-refractivity contribution in [1.29, 1.82) is 5.26 Å². The summed E-state index contributed by atoms with van der Waals surface area (Å²) in [6.45, 7) is 9.50. The summed E-state index contributed by atoms with van der Waals surface area (Å²) in [6.07, 6.45) is 14.9. The van der Waals surface area contributed by atoms with Crippen molar-refractivity contribution in [3.8, 4) is 17.2 Å². The van der Waals surface area contributed by atoms with Gasteiger partial charge in [0, 0.05) is 0 Å². The highest BCUT2D eigenvalue weighted by molar-refractivity contribution is 5.90. The molecule has 0 radical (unpaired) electrons. The zero-order valence-corrected chi connectivity index (χ0v) is 25.0. The Kier molecular flexibility index (Phi) is 12.6. The highest BCUT2D eigenvalue weighted by Gasteiger charge is 2.35. The number of carbonyl (C=O) groups excluding carboxylic acids is 1. The maximum Gasteiger partial charge on any atom is 0.338 e. The fourth-order valence-corrected chi connectivity index (χ4v) is 6.01. The number of rotatable bonds is 15. The predicted octanol–water partition coefficient (Wildman–Crippen LogP) is 10.5.